The van der Waals surface area contributed by atoms with E-state index in [4.69, 9.17) is 22.1 Å². The number of ether oxygens (including phenoxy) is 3. The van der Waals surface area contributed by atoms with Crippen LogP contribution in [-0.2, 0) is 14.2 Å². The van der Waals surface area contributed by atoms with Gasteiger partial charge in [0.25, 0.3) is 0 Å². The van der Waals surface area contributed by atoms with Gasteiger partial charge in [-0.05, 0) is 39.3 Å². The van der Waals surface area contributed by atoms with Crippen molar-refractivity contribution in [2.24, 2.45) is 0 Å². The molecule has 1 unspecified atom stereocenters. The van der Waals surface area contributed by atoms with Gasteiger partial charge >= 0.3 is 0 Å². The van der Waals surface area contributed by atoms with E-state index in [0.29, 0.717) is 0 Å². The van der Waals surface area contributed by atoms with Gasteiger partial charge < -0.3 is 19.3 Å². The molecular formula is C13H19BO4. The van der Waals surface area contributed by atoms with Crippen molar-refractivity contribution in [1.29, 1.82) is 0 Å². The van der Waals surface area contributed by atoms with Crippen molar-refractivity contribution in [2.45, 2.75) is 57.3 Å². The summed E-state index contributed by atoms with van der Waals surface area (Å²) in [4.78, 5) is 0. The van der Waals surface area contributed by atoms with E-state index in [2.05, 4.69) is 5.73 Å². The fraction of sp³-hybridized carbons (Fsp3) is 0.769. The molecule has 2 rings (SSSR count). The minimum absolute atomic E-state index is 0.151. The van der Waals surface area contributed by atoms with Crippen LogP contribution in [0.2, 0.25) is 0 Å². The Labute approximate surface area is 109 Å². The molecule has 2 aliphatic heterocycles. The van der Waals surface area contributed by atoms with Gasteiger partial charge in [0.15, 0.2) is 5.79 Å². The zero-order valence-electron chi connectivity index (χ0n) is 11.3. The predicted molar refractivity (Wildman–Crippen MR) is 67.2 cm³/mol. The third kappa shape index (κ3) is 2.17. The Hall–Kier alpha value is -0.575. The van der Waals surface area contributed by atoms with Crippen LogP contribution in [-0.4, -0.2) is 49.2 Å². The van der Waals surface area contributed by atoms with Crippen LogP contribution in [0.1, 0.15) is 27.7 Å². The molecule has 0 spiro atoms. The molecule has 4 atom stereocenters. The first-order chi connectivity index (χ1) is 8.31. The van der Waals surface area contributed by atoms with Gasteiger partial charge in [-0.2, -0.15) is 0 Å². The number of fused-ring (bicyclic) bond motifs is 1. The van der Waals surface area contributed by atoms with E-state index >= 15 is 0 Å². The highest BCUT2D eigenvalue weighted by molar-refractivity contribution is 6.12. The van der Waals surface area contributed by atoms with E-state index in [-0.39, 0.29) is 6.61 Å². The highest BCUT2D eigenvalue weighted by atomic mass is 16.8. The second kappa shape index (κ2) is 4.51. The van der Waals surface area contributed by atoms with Gasteiger partial charge in [0, 0.05) is 0 Å². The minimum atomic E-state index is -0.881. The lowest BCUT2D eigenvalue weighted by Gasteiger charge is -2.28. The van der Waals surface area contributed by atoms with Crippen molar-refractivity contribution in [2.75, 3.05) is 6.61 Å². The van der Waals surface area contributed by atoms with Crippen molar-refractivity contribution in [3.05, 3.63) is 17.4 Å². The van der Waals surface area contributed by atoms with Crippen LogP contribution in [0.25, 0.3) is 0 Å². The fourth-order valence-electron chi connectivity index (χ4n) is 2.45. The molecule has 0 aromatic carbocycles. The van der Waals surface area contributed by atoms with Crippen LogP contribution >= 0.6 is 0 Å². The summed E-state index contributed by atoms with van der Waals surface area (Å²) >= 11 is 0. The van der Waals surface area contributed by atoms with Gasteiger partial charge in [-0.25, -0.2) is 0 Å². The Balaban J connectivity index is 2.42. The van der Waals surface area contributed by atoms with Crippen molar-refractivity contribution >= 4 is 7.85 Å². The molecule has 0 bridgehead atoms. The molecule has 4 nitrogen and oxygen atoms in total. The zero-order chi connectivity index (χ0) is 13.6. The first kappa shape index (κ1) is 13.8. The molecule has 0 saturated carbocycles. The number of rotatable bonds is 2. The standard InChI is InChI=1S/C13H19BO4/c1-8(2)5-6-13-10(17-12(3,4)18-13)9(7-15)16-11(13)14/h6,9-11,15H,7H2,1-4H3/t9-,10?,11-,13-/m1/s1. The van der Waals surface area contributed by atoms with Gasteiger partial charge in [-0.1, -0.05) is 0 Å². The molecular weight excluding hydrogens is 231 g/mol. The van der Waals surface area contributed by atoms with Crippen molar-refractivity contribution < 1.29 is 19.3 Å². The molecule has 0 aromatic heterocycles. The van der Waals surface area contributed by atoms with Crippen LogP contribution < -0.4 is 0 Å². The van der Waals surface area contributed by atoms with Gasteiger partial charge in [0.2, 0.25) is 0 Å². The number of aliphatic hydroxyl groups is 1. The van der Waals surface area contributed by atoms with Crippen LogP contribution in [0.15, 0.2) is 17.4 Å². The summed E-state index contributed by atoms with van der Waals surface area (Å²) in [5, 5.41) is 9.34. The van der Waals surface area contributed by atoms with Crippen LogP contribution in [0, 0.1) is 0 Å². The summed E-state index contributed by atoms with van der Waals surface area (Å²) in [6.45, 7) is 7.37. The Morgan fingerprint density at radius 3 is 2.67 bits per heavy atom. The Bertz CT molecular complexity index is 396. The molecule has 1 N–H and O–H groups in total. The molecule has 2 aliphatic rings. The van der Waals surface area contributed by atoms with Crippen LogP contribution in [0.5, 0.6) is 0 Å². The number of aliphatic hydroxyl groups excluding tert-OH is 1. The van der Waals surface area contributed by atoms with Gasteiger partial charge in [0.1, 0.15) is 25.7 Å². The van der Waals surface area contributed by atoms with E-state index in [0.717, 1.165) is 5.57 Å². The Morgan fingerprint density at radius 2 is 2.11 bits per heavy atom. The van der Waals surface area contributed by atoms with Crippen LogP contribution in [0.3, 0.4) is 0 Å². The SMILES string of the molecule is [B][C@@H]1O[C@H](CO)C2OC(C)(C)O[C@]21C=C=C(C)C. The van der Waals surface area contributed by atoms with Gasteiger partial charge in [-0.3, -0.25) is 0 Å². The quantitative estimate of drug-likeness (QED) is 0.584. The fourth-order valence-corrected chi connectivity index (χ4v) is 2.45. The minimum Gasteiger partial charge on any atom is -0.394 e. The molecule has 0 amide bonds. The first-order valence-corrected chi connectivity index (χ1v) is 6.12. The second-order valence-corrected chi connectivity index (χ2v) is 5.46. The smallest absolute Gasteiger partial charge is 0.164 e. The average Bonchev–Trinajstić information content (AvgIpc) is 2.67. The summed E-state index contributed by atoms with van der Waals surface area (Å²) < 4.78 is 17.3. The number of hydrogen-bond donors (Lipinski definition) is 1. The monoisotopic (exact) mass is 250 g/mol. The lowest BCUT2D eigenvalue weighted by atomic mass is 9.80. The van der Waals surface area contributed by atoms with Gasteiger partial charge in [-0.15, -0.1) is 5.73 Å². The van der Waals surface area contributed by atoms with E-state index in [1.54, 1.807) is 6.08 Å². The third-order valence-corrected chi connectivity index (χ3v) is 3.15. The molecule has 5 heteroatoms. The first-order valence-electron chi connectivity index (χ1n) is 6.12. The molecule has 2 heterocycles. The second-order valence-electron chi connectivity index (χ2n) is 5.46. The average molecular weight is 250 g/mol. The highest BCUT2D eigenvalue weighted by Crippen LogP contribution is 2.46. The molecule has 98 valence electrons. The van der Waals surface area contributed by atoms with E-state index in [9.17, 15) is 5.11 Å². The Morgan fingerprint density at radius 1 is 1.44 bits per heavy atom. The Kier molecular flexibility index (Phi) is 3.47. The normalized spacial score (nSPS) is 41.3. The van der Waals surface area contributed by atoms with Crippen molar-refractivity contribution in [1.82, 2.24) is 0 Å². The van der Waals surface area contributed by atoms with Crippen molar-refractivity contribution in [3.63, 3.8) is 0 Å². The lowest BCUT2D eigenvalue weighted by molar-refractivity contribution is -0.191. The molecule has 2 fully saturated rings. The molecule has 2 saturated heterocycles. The summed E-state index contributed by atoms with van der Waals surface area (Å²) in [7, 11) is 6.01. The van der Waals surface area contributed by atoms with Crippen molar-refractivity contribution in [3.8, 4) is 0 Å². The topological polar surface area (TPSA) is 47.9 Å². The maximum atomic E-state index is 9.34. The largest absolute Gasteiger partial charge is 0.394 e. The maximum absolute atomic E-state index is 9.34. The summed E-state index contributed by atoms with van der Waals surface area (Å²) in [6.07, 6.45) is 0.874. The summed E-state index contributed by atoms with van der Waals surface area (Å²) in [5.74, 6) is -0.751. The zero-order valence-corrected chi connectivity index (χ0v) is 11.3. The van der Waals surface area contributed by atoms with Gasteiger partial charge in [0.05, 0.1) is 12.6 Å². The van der Waals surface area contributed by atoms with E-state index in [1.807, 2.05) is 27.7 Å². The third-order valence-electron chi connectivity index (χ3n) is 3.15. The van der Waals surface area contributed by atoms with E-state index < -0.39 is 29.6 Å². The molecule has 2 radical (unpaired) electrons. The predicted octanol–water partition coefficient (Wildman–Crippen LogP) is 0.884. The molecule has 0 aromatic rings. The highest BCUT2D eigenvalue weighted by Gasteiger charge is 2.62. The molecule has 0 aliphatic carbocycles. The summed E-state index contributed by atoms with van der Waals surface area (Å²) in [6, 6.07) is -0.673. The maximum Gasteiger partial charge on any atom is 0.164 e. The lowest BCUT2D eigenvalue weighted by Crippen LogP contribution is -2.45. The van der Waals surface area contributed by atoms with E-state index in [1.165, 1.54) is 0 Å². The summed E-state index contributed by atoms with van der Waals surface area (Å²) in [5.41, 5.74) is 3.24. The molecule has 18 heavy (non-hydrogen) atoms. The number of hydrogen-bond acceptors (Lipinski definition) is 4. The van der Waals surface area contributed by atoms with Crippen LogP contribution in [0.4, 0.5) is 0 Å².